The minimum absolute atomic E-state index is 0.0538. The van der Waals surface area contributed by atoms with Crippen molar-refractivity contribution in [3.8, 4) is 28.8 Å². The highest BCUT2D eigenvalue weighted by molar-refractivity contribution is 5.99. The summed E-state index contributed by atoms with van der Waals surface area (Å²) in [5.74, 6) is 0.213. The Labute approximate surface area is 229 Å². The van der Waals surface area contributed by atoms with E-state index in [1.165, 1.54) is 12.4 Å². The molecule has 1 amide bonds. The molecule has 10 nitrogen and oxygen atoms in total. The molecule has 1 saturated carbocycles. The lowest BCUT2D eigenvalue weighted by atomic mass is 10.0. The van der Waals surface area contributed by atoms with Gasteiger partial charge in [0, 0.05) is 30.3 Å². The Bertz CT molecular complexity index is 1670. The number of anilines is 1. The second-order valence-electron chi connectivity index (χ2n) is 10.3. The highest BCUT2D eigenvalue weighted by Crippen LogP contribution is 2.37. The van der Waals surface area contributed by atoms with Gasteiger partial charge in [0.15, 0.2) is 5.65 Å². The van der Waals surface area contributed by atoms with E-state index in [9.17, 15) is 10.1 Å². The molecule has 2 aliphatic rings. The number of ether oxygens (including phenoxy) is 1. The van der Waals surface area contributed by atoms with Gasteiger partial charge in [-0.15, -0.1) is 0 Å². The number of nitrogens with zero attached hydrogens (tertiary/aromatic N) is 6. The van der Waals surface area contributed by atoms with Crippen LogP contribution in [0.5, 0.6) is 11.5 Å². The first-order chi connectivity index (χ1) is 19.3. The van der Waals surface area contributed by atoms with Crippen molar-refractivity contribution in [1.82, 2.24) is 24.6 Å². The van der Waals surface area contributed by atoms with Crippen LogP contribution in [0.2, 0.25) is 0 Å². The number of hydrogen-bond acceptors (Lipinski definition) is 8. The van der Waals surface area contributed by atoms with Gasteiger partial charge in [0.1, 0.15) is 46.8 Å². The summed E-state index contributed by atoms with van der Waals surface area (Å²) in [6, 6.07) is 15.4. The Morgan fingerprint density at radius 3 is 2.70 bits per heavy atom. The SMILES string of the molecule is N#CC(=CC1(N)CC1)C(=O)N1CCC[C@H](n2nc(-c3ccc(Oc4ccccc4)cc3F)c3c(N)ncnc32)C1. The Kier molecular flexibility index (Phi) is 6.40. The number of nitrogen functional groups attached to an aromatic ring is 1. The number of amides is 1. The maximum atomic E-state index is 15.5. The van der Waals surface area contributed by atoms with E-state index in [1.54, 1.807) is 39.9 Å². The van der Waals surface area contributed by atoms with Gasteiger partial charge in [-0.2, -0.15) is 10.4 Å². The number of carbonyl (C=O) groups is 1. The molecule has 2 aromatic carbocycles. The third-order valence-electron chi connectivity index (χ3n) is 7.33. The Morgan fingerprint density at radius 1 is 1.18 bits per heavy atom. The summed E-state index contributed by atoms with van der Waals surface area (Å²) in [6.07, 6.45) is 5.84. The second-order valence-corrected chi connectivity index (χ2v) is 10.3. The van der Waals surface area contributed by atoms with Gasteiger partial charge in [0.05, 0.1) is 11.4 Å². The third kappa shape index (κ3) is 4.85. The topological polar surface area (TPSA) is 149 Å². The average molecular weight is 539 g/mol. The number of fused-ring (bicyclic) bond motifs is 1. The van der Waals surface area contributed by atoms with Crippen LogP contribution in [-0.4, -0.2) is 49.2 Å². The fourth-order valence-corrected chi connectivity index (χ4v) is 5.04. The van der Waals surface area contributed by atoms with Gasteiger partial charge in [-0.25, -0.2) is 19.0 Å². The monoisotopic (exact) mass is 538 g/mol. The van der Waals surface area contributed by atoms with E-state index in [1.807, 2.05) is 24.3 Å². The summed E-state index contributed by atoms with van der Waals surface area (Å²) >= 11 is 0. The first-order valence-corrected chi connectivity index (χ1v) is 13.1. The van der Waals surface area contributed by atoms with Gasteiger partial charge in [-0.1, -0.05) is 18.2 Å². The molecule has 1 saturated heterocycles. The predicted molar refractivity (Wildman–Crippen MR) is 146 cm³/mol. The molecular formula is C29H27FN8O2. The maximum Gasteiger partial charge on any atom is 0.264 e. The van der Waals surface area contributed by atoms with Crippen molar-refractivity contribution < 1.29 is 13.9 Å². The zero-order valence-corrected chi connectivity index (χ0v) is 21.6. The highest BCUT2D eigenvalue weighted by Gasteiger charge is 2.38. The van der Waals surface area contributed by atoms with E-state index in [4.69, 9.17) is 21.3 Å². The van der Waals surface area contributed by atoms with Crippen LogP contribution in [0.15, 0.2) is 66.5 Å². The number of hydrogen-bond donors (Lipinski definition) is 2. The van der Waals surface area contributed by atoms with E-state index >= 15 is 4.39 Å². The van der Waals surface area contributed by atoms with Crippen molar-refractivity contribution >= 4 is 22.8 Å². The van der Waals surface area contributed by atoms with Crippen molar-refractivity contribution in [2.24, 2.45) is 5.73 Å². The minimum atomic E-state index is -0.566. The number of likely N-dealkylation sites (tertiary alicyclic amines) is 1. The van der Waals surface area contributed by atoms with Crippen LogP contribution >= 0.6 is 0 Å². The number of halogens is 1. The minimum Gasteiger partial charge on any atom is -0.457 e. The lowest BCUT2D eigenvalue weighted by Crippen LogP contribution is -2.42. The molecule has 2 aromatic heterocycles. The zero-order chi connectivity index (χ0) is 27.9. The molecule has 1 atom stereocenters. The molecule has 40 heavy (non-hydrogen) atoms. The van der Waals surface area contributed by atoms with Crippen LogP contribution in [0.25, 0.3) is 22.3 Å². The van der Waals surface area contributed by atoms with Crippen molar-refractivity contribution in [1.29, 1.82) is 5.26 Å². The normalized spacial score (nSPS) is 18.4. The highest BCUT2D eigenvalue weighted by atomic mass is 19.1. The van der Waals surface area contributed by atoms with Crippen LogP contribution in [0.1, 0.15) is 31.7 Å². The third-order valence-corrected chi connectivity index (χ3v) is 7.33. The Balaban J connectivity index is 1.33. The van der Waals surface area contributed by atoms with Gasteiger partial charge in [-0.05, 0) is 56.0 Å². The molecule has 202 valence electrons. The quantitative estimate of drug-likeness (QED) is 0.275. The molecule has 4 aromatic rings. The van der Waals surface area contributed by atoms with Crippen LogP contribution < -0.4 is 16.2 Å². The van der Waals surface area contributed by atoms with Crippen molar-refractivity contribution in [3.63, 3.8) is 0 Å². The van der Waals surface area contributed by atoms with Crippen LogP contribution in [0, 0.1) is 17.1 Å². The number of para-hydroxylation sites is 1. The number of benzene rings is 2. The summed E-state index contributed by atoms with van der Waals surface area (Å²) in [6.45, 7) is 0.814. The summed E-state index contributed by atoms with van der Waals surface area (Å²) < 4.78 is 22.9. The van der Waals surface area contributed by atoms with Crippen LogP contribution in [-0.2, 0) is 4.79 Å². The maximum absolute atomic E-state index is 15.5. The van der Waals surface area contributed by atoms with Gasteiger partial charge in [0.25, 0.3) is 5.91 Å². The van der Waals surface area contributed by atoms with Gasteiger partial charge in [0.2, 0.25) is 0 Å². The molecular weight excluding hydrogens is 511 g/mol. The molecule has 0 radical (unpaired) electrons. The number of nitrogens with two attached hydrogens (primary N) is 2. The Hall–Kier alpha value is -4.82. The fourth-order valence-electron chi connectivity index (χ4n) is 5.04. The van der Waals surface area contributed by atoms with Crippen molar-refractivity contribution in [2.45, 2.75) is 37.3 Å². The van der Waals surface area contributed by atoms with E-state index < -0.39 is 11.4 Å². The molecule has 0 unspecified atom stereocenters. The predicted octanol–water partition coefficient (Wildman–Crippen LogP) is 4.11. The molecule has 6 rings (SSSR count). The molecule has 0 spiro atoms. The Morgan fingerprint density at radius 2 is 1.98 bits per heavy atom. The largest absolute Gasteiger partial charge is 0.457 e. The number of piperidine rings is 1. The molecule has 2 fully saturated rings. The number of rotatable bonds is 6. The van der Waals surface area contributed by atoms with Crippen LogP contribution in [0.3, 0.4) is 0 Å². The number of carbonyl (C=O) groups excluding carboxylic acids is 1. The zero-order valence-electron chi connectivity index (χ0n) is 21.6. The first-order valence-electron chi connectivity index (χ1n) is 13.1. The molecule has 3 heterocycles. The lowest BCUT2D eigenvalue weighted by molar-refractivity contribution is -0.128. The number of aromatic nitrogens is 4. The standard InChI is InChI=1S/C29H27FN8O2/c30-23-13-21(40-20-6-2-1-3-7-20)8-9-22(23)25-24-26(32)34-17-35-27(24)38(36-25)19-5-4-12-37(16-19)28(39)18(15-31)14-29(33)10-11-29/h1-3,6-9,13-14,17,19H,4-5,10-12,16,33H2,(H2,32,34,35)/t19-/m0/s1. The van der Waals surface area contributed by atoms with E-state index in [-0.39, 0.29) is 28.9 Å². The first kappa shape index (κ1) is 25.5. The van der Waals surface area contributed by atoms with E-state index in [2.05, 4.69) is 9.97 Å². The van der Waals surface area contributed by atoms with Crippen molar-refractivity contribution in [2.75, 3.05) is 18.8 Å². The van der Waals surface area contributed by atoms with Gasteiger partial charge in [-0.3, -0.25) is 4.79 Å². The molecule has 11 heteroatoms. The summed E-state index contributed by atoms with van der Waals surface area (Å²) in [7, 11) is 0. The van der Waals surface area contributed by atoms with E-state index in [0.717, 1.165) is 12.8 Å². The summed E-state index contributed by atoms with van der Waals surface area (Å²) in [5.41, 5.74) is 12.8. The molecule has 1 aliphatic heterocycles. The smallest absolute Gasteiger partial charge is 0.264 e. The summed E-state index contributed by atoms with van der Waals surface area (Å²) in [4.78, 5) is 23.4. The average Bonchev–Trinajstić information content (AvgIpc) is 3.57. The van der Waals surface area contributed by atoms with Crippen molar-refractivity contribution in [3.05, 3.63) is 72.3 Å². The summed E-state index contributed by atoms with van der Waals surface area (Å²) in [5, 5.41) is 14.8. The van der Waals surface area contributed by atoms with E-state index in [0.29, 0.717) is 54.2 Å². The molecule has 1 aliphatic carbocycles. The van der Waals surface area contributed by atoms with Gasteiger partial charge >= 0.3 is 0 Å². The van der Waals surface area contributed by atoms with Gasteiger partial charge < -0.3 is 21.1 Å². The molecule has 0 bridgehead atoms. The fraction of sp³-hybridized carbons (Fsp3) is 0.276. The lowest BCUT2D eigenvalue weighted by Gasteiger charge is -2.33. The molecule has 4 N–H and O–H groups in total. The van der Waals surface area contributed by atoms with Crippen LogP contribution in [0.4, 0.5) is 10.2 Å². The second kappa shape index (κ2) is 10.1. The number of nitriles is 1.